The molecule has 1 aliphatic heterocycles. The number of aliphatic hydroxyl groups excluding tert-OH is 3. The Labute approximate surface area is 202 Å². The molecular formula is C26H52O7. The topological polar surface area (TPSA) is 97.6 Å². The van der Waals surface area contributed by atoms with Crippen molar-refractivity contribution in [1.29, 1.82) is 0 Å². The Morgan fingerprint density at radius 2 is 1.36 bits per heavy atom. The Morgan fingerprint density at radius 3 is 1.88 bits per heavy atom. The Kier molecular flexibility index (Phi) is 19.6. The molecule has 7 heteroatoms. The Hall–Kier alpha value is -0.280. The average Bonchev–Trinajstić information content (AvgIpc) is 2.82. The standard InChI is InChI=1S/C26H52O7/c1-3-4-5-6-7-8-9-10-11-12-13-14-15-16-17-31-20-22(30-2)21-32-25-18-23(28)26(29)24(19-27)33-25/h22-29H,3-21H2,1-2H3/t22-,23-,24+,25-,26+/m1/s1. The molecule has 3 N–H and O–H groups in total. The lowest BCUT2D eigenvalue weighted by atomic mass is 10.0. The van der Waals surface area contributed by atoms with Crippen LogP contribution in [-0.2, 0) is 18.9 Å². The molecule has 0 aromatic rings. The van der Waals surface area contributed by atoms with Gasteiger partial charge in [0.05, 0.1) is 25.9 Å². The molecule has 0 unspecified atom stereocenters. The highest BCUT2D eigenvalue weighted by Crippen LogP contribution is 2.21. The van der Waals surface area contributed by atoms with Gasteiger partial charge in [0.2, 0.25) is 0 Å². The van der Waals surface area contributed by atoms with E-state index in [1.165, 1.54) is 83.5 Å². The highest BCUT2D eigenvalue weighted by atomic mass is 16.7. The van der Waals surface area contributed by atoms with E-state index in [1.54, 1.807) is 7.11 Å². The normalized spacial score (nSPS) is 24.3. The first-order chi connectivity index (χ1) is 16.1. The largest absolute Gasteiger partial charge is 0.394 e. The molecule has 0 amide bonds. The molecule has 7 nitrogen and oxygen atoms in total. The summed E-state index contributed by atoms with van der Waals surface area (Å²) in [6, 6.07) is 0. The molecule has 0 aromatic heterocycles. The van der Waals surface area contributed by atoms with Crippen molar-refractivity contribution in [2.75, 3.05) is 33.5 Å². The predicted molar refractivity (Wildman–Crippen MR) is 130 cm³/mol. The molecule has 1 rings (SSSR count). The highest BCUT2D eigenvalue weighted by molar-refractivity contribution is 4.82. The lowest BCUT2D eigenvalue weighted by Crippen LogP contribution is -2.50. The summed E-state index contributed by atoms with van der Waals surface area (Å²) in [7, 11) is 1.61. The summed E-state index contributed by atoms with van der Waals surface area (Å²) in [5.41, 5.74) is 0. The minimum absolute atomic E-state index is 0.161. The Bertz CT molecular complexity index is 423. The summed E-state index contributed by atoms with van der Waals surface area (Å²) in [4.78, 5) is 0. The molecule has 0 aliphatic carbocycles. The van der Waals surface area contributed by atoms with Crippen LogP contribution in [0.5, 0.6) is 0 Å². The van der Waals surface area contributed by atoms with E-state index in [-0.39, 0.29) is 25.7 Å². The first-order valence-corrected chi connectivity index (χ1v) is 13.5. The second-order valence-electron chi connectivity index (χ2n) is 9.44. The van der Waals surface area contributed by atoms with Crippen LogP contribution in [0.15, 0.2) is 0 Å². The number of rotatable bonds is 22. The van der Waals surface area contributed by atoms with Crippen LogP contribution in [0.2, 0.25) is 0 Å². The summed E-state index contributed by atoms with van der Waals surface area (Å²) >= 11 is 0. The molecule has 1 fully saturated rings. The van der Waals surface area contributed by atoms with E-state index in [0.29, 0.717) is 6.61 Å². The minimum atomic E-state index is -1.10. The molecule has 33 heavy (non-hydrogen) atoms. The smallest absolute Gasteiger partial charge is 0.160 e. The molecule has 1 heterocycles. The van der Waals surface area contributed by atoms with Gasteiger partial charge in [-0.3, -0.25) is 0 Å². The molecule has 0 spiro atoms. The van der Waals surface area contributed by atoms with Crippen LogP contribution in [0.1, 0.15) is 103 Å². The van der Waals surface area contributed by atoms with Crippen molar-refractivity contribution in [3.63, 3.8) is 0 Å². The Balaban J connectivity index is 1.91. The third-order valence-electron chi connectivity index (χ3n) is 6.46. The van der Waals surface area contributed by atoms with E-state index >= 15 is 0 Å². The second kappa shape index (κ2) is 21.0. The molecule has 1 aliphatic rings. The third kappa shape index (κ3) is 15.4. The van der Waals surface area contributed by atoms with Crippen molar-refractivity contribution >= 4 is 0 Å². The van der Waals surface area contributed by atoms with Gasteiger partial charge in [-0.1, -0.05) is 90.4 Å². The van der Waals surface area contributed by atoms with Crippen molar-refractivity contribution < 1.29 is 34.3 Å². The van der Waals surface area contributed by atoms with E-state index in [9.17, 15) is 15.3 Å². The van der Waals surface area contributed by atoms with Crippen LogP contribution in [0.25, 0.3) is 0 Å². The molecule has 0 bridgehead atoms. The number of ether oxygens (including phenoxy) is 4. The SMILES string of the molecule is CCCCCCCCCCCCCCCCOC[C@H](CO[C@H]1C[C@@H](O)[C@H](O)[C@H](CO)O1)OC. The van der Waals surface area contributed by atoms with Crippen LogP contribution in [-0.4, -0.2) is 79.6 Å². The van der Waals surface area contributed by atoms with Gasteiger partial charge in [0.25, 0.3) is 0 Å². The molecule has 198 valence electrons. The maximum atomic E-state index is 9.85. The zero-order valence-electron chi connectivity index (χ0n) is 21.3. The fourth-order valence-electron chi connectivity index (χ4n) is 4.19. The molecule has 1 saturated heterocycles. The van der Waals surface area contributed by atoms with Crippen LogP contribution in [0.3, 0.4) is 0 Å². The van der Waals surface area contributed by atoms with Crippen molar-refractivity contribution in [3.05, 3.63) is 0 Å². The van der Waals surface area contributed by atoms with Gasteiger partial charge >= 0.3 is 0 Å². The van der Waals surface area contributed by atoms with Gasteiger partial charge in [-0.25, -0.2) is 0 Å². The van der Waals surface area contributed by atoms with Crippen molar-refractivity contribution in [2.24, 2.45) is 0 Å². The number of aliphatic hydroxyl groups is 3. The predicted octanol–water partition coefficient (Wildman–Crippen LogP) is 4.35. The van der Waals surface area contributed by atoms with Gasteiger partial charge in [-0.2, -0.15) is 0 Å². The lowest BCUT2D eigenvalue weighted by Gasteiger charge is -2.36. The van der Waals surface area contributed by atoms with Crippen LogP contribution < -0.4 is 0 Å². The van der Waals surface area contributed by atoms with Gasteiger partial charge in [0.1, 0.15) is 18.3 Å². The average molecular weight is 477 g/mol. The van der Waals surface area contributed by atoms with Gasteiger partial charge in [-0.05, 0) is 6.42 Å². The molecule has 0 saturated carbocycles. The number of methoxy groups -OCH3 is 1. The number of hydrogen-bond donors (Lipinski definition) is 3. The number of hydrogen-bond acceptors (Lipinski definition) is 7. The van der Waals surface area contributed by atoms with Gasteiger partial charge in [0.15, 0.2) is 6.29 Å². The molecule has 5 atom stereocenters. The van der Waals surface area contributed by atoms with Gasteiger partial charge in [0, 0.05) is 20.1 Å². The second-order valence-corrected chi connectivity index (χ2v) is 9.44. The first-order valence-electron chi connectivity index (χ1n) is 13.5. The maximum Gasteiger partial charge on any atom is 0.160 e. The third-order valence-corrected chi connectivity index (χ3v) is 6.46. The summed E-state index contributed by atoms with van der Waals surface area (Å²) in [6.45, 7) is 3.33. The van der Waals surface area contributed by atoms with Crippen LogP contribution in [0.4, 0.5) is 0 Å². The summed E-state index contributed by atoms with van der Waals surface area (Å²) < 4.78 is 22.3. The van der Waals surface area contributed by atoms with E-state index < -0.39 is 24.6 Å². The quantitative estimate of drug-likeness (QED) is 0.200. The van der Waals surface area contributed by atoms with E-state index in [2.05, 4.69) is 6.92 Å². The maximum absolute atomic E-state index is 9.85. The fraction of sp³-hybridized carbons (Fsp3) is 1.00. The molecule has 0 aromatic carbocycles. The van der Waals surface area contributed by atoms with Crippen LogP contribution in [0, 0.1) is 0 Å². The summed E-state index contributed by atoms with van der Waals surface area (Å²) in [6.07, 6.45) is 15.1. The minimum Gasteiger partial charge on any atom is -0.394 e. The first kappa shape index (κ1) is 30.8. The zero-order chi connectivity index (χ0) is 24.2. The van der Waals surface area contributed by atoms with Crippen molar-refractivity contribution in [3.8, 4) is 0 Å². The van der Waals surface area contributed by atoms with E-state index in [4.69, 9.17) is 18.9 Å². The van der Waals surface area contributed by atoms with Crippen LogP contribution >= 0.6 is 0 Å². The van der Waals surface area contributed by atoms with Crippen molar-refractivity contribution in [2.45, 2.75) is 134 Å². The summed E-state index contributed by atoms with van der Waals surface area (Å²) in [5.74, 6) is 0. The Morgan fingerprint density at radius 1 is 0.818 bits per heavy atom. The number of unbranched alkanes of at least 4 members (excludes halogenated alkanes) is 13. The zero-order valence-corrected chi connectivity index (χ0v) is 21.3. The van der Waals surface area contributed by atoms with E-state index in [1.807, 2.05) is 0 Å². The van der Waals surface area contributed by atoms with E-state index in [0.717, 1.165) is 13.0 Å². The monoisotopic (exact) mass is 476 g/mol. The van der Waals surface area contributed by atoms with Gasteiger partial charge < -0.3 is 34.3 Å². The molecule has 0 radical (unpaired) electrons. The van der Waals surface area contributed by atoms with Crippen molar-refractivity contribution in [1.82, 2.24) is 0 Å². The lowest BCUT2D eigenvalue weighted by molar-refractivity contribution is -0.263. The van der Waals surface area contributed by atoms with Gasteiger partial charge in [-0.15, -0.1) is 0 Å². The highest BCUT2D eigenvalue weighted by Gasteiger charge is 2.37. The molecular weight excluding hydrogens is 424 g/mol. The summed E-state index contributed by atoms with van der Waals surface area (Å²) in [5, 5.41) is 28.8. The fourth-order valence-corrected chi connectivity index (χ4v) is 4.19.